The normalized spacial score (nSPS) is 13.1. The third-order valence-electron chi connectivity index (χ3n) is 3.26. The predicted octanol–water partition coefficient (Wildman–Crippen LogP) is 2.05. The van der Waals surface area contributed by atoms with E-state index in [-0.39, 0.29) is 0 Å². The van der Waals surface area contributed by atoms with Gasteiger partial charge in [0.1, 0.15) is 12.3 Å². The van der Waals surface area contributed by atoms with E-state index in [2.05, 4.69) is 31.2 Å². The fourth-order valence-electron chi connectivity index (χ4n) is 1.64. The van der Waals surface area contributed by atoms with Crippen molar-refractivity contribution in [1.82, 2.24) is 15.1 Å². The van der Waals surface area contributed by atoms with Gasteiger partial charge in [-0.25, -0.2) is 0 Å². The van der Waals surface area contributed by atoms with Crippen LogP contribution >= 0.6 is 0 Å². The van der Waals surface area contributed by atoms with Crippen LogP contribution in [0.25, 0.3) is 0 Å². The van der Waals surface area contributed by atoms with E-state index in [1.165, 1.54) is 0 Å². The number of aromatic nitrogens is 2. The Morgan fingerprint density at radius 1 is 1.29 bits per heavy atom. The van der Waals surface area contributed by atoms with Crippen molar-refractivity contribution in [3.8, 4) is 5.75 Å². The quantitative estimate of drug-likeness (QED) is 0.772. The number of hydrogen-bond donors (Lipinski definition) is 1. The van der Waals surface area contributed by atoms with Gasteiger partial charge in [-0.05, 0) is 26.7 Å². The van der Waals surface area contributed by atoms with Crippen LogP contribution in [0.4, 0.5) is 0 Å². The maximum Gasteiger partial charge on any atom is 0.163 e. The summed E-state index contributed by atoms with van der Waals surface area (Å²) in [5, 5.41) is 7.77. The molecule has 0 aromatic carbocycles. The molecule has 17 heavy (non-hydrogen) atoms. The Balaban J connectivity index is 2.36. The second kappa shape index (κ2) is 6.05. The minimum atomic E-state index is 0.523. The first kappa shape index (κ1) is 14.0. The van der Waals surface area contributed by atoms with Crippen molar-refractivity contribution in [3.05, 3.63) is 11.4 Å². The average Bonchev–Trinajstić information content (AvgIpc) is 2.49. The summed E-state index contributed by atoms with van der Waals surface area (Å²) >= 11 is 0. The Labute approximate surface area is 104 Å². The molecule has 0 aliphatic rings. The number of rotatable bonds is 6. The molecule has 0 aliphatic carbocycles. The molecule has 1 heterocycles. The van der Waals surface area contributed by atoms with Crippen LogP contribution in [0.2, 0.25) is 0 Å². The third kappa shape index (κ3) is 3.73. The lowest BCUT2D eigenvalue weighted by molar-refractivity contribution is 0.293. The number of ether oxygens (including phenoxy) is 1. The molecule has 0 spiro atoms. The third-order valence-corrected chi connectivity index (χ3v) is 3.26. The fraction of sp³-hybridized carbons (Fsp3) is 0.769. The van der Waals surface area contributed by atoms with Crippen molar-refractivity contribution in [1.29, 1.82) is 0 Å². The van der Waals surface area contributed by atoms with Crippen LogP contribution in [0, 0.1) is 19.8 Å². The molecule has 0 fully saturated rings. The molecule has 1 aromatic heterocycles. The SMILES string of the molecule is Cc1nn(C)c(C)c1OCCNC(C)C(C)C. The molecule has 1 atom stereocenters. The van der Waals surface area contributed by atoms with E-state index in [9.17, 15) is 0 Å². The van der Waals surface area contributed by atoms with Crippen LogP contribution in [-0.4, -0.2) is 29.0 Å². The number of hydrogen-bond acceptors (Lipinski definition) is 3. The highest BCUT2D eigenvalue weighted by Crippen LogP contribution is 2.20. The Morgan fingerprint density at radius 2 is 1.94 bits per heavy atom. The van der Waals surface area contributed by atoms with Gasteiger partial charge >= 0.3 is 0 Å². The fourth-order valence-corrected chi connectivity index (χ4v) is 1.64. The second-order valence-corrected chi connectivity index (χ2v) is 4.96. The summed E-state index contributed by atoms with van der Waals surface area (Å²) in [6, 6.07) is 0.523. The molecule has 0 saturated carbocycles. The molecule has 1 rings (SSSR count). The van der Waals surface area contributed by atoms with E-state index in [1.54, 1.807) is 0 Å². The first-order chi connectivity index (χ1) is 7.93. The van der Waals surface area contributed by atoms with Crippen molar-refractivity contribution < 1.29 is 4.74 Å². The topological polar surface area (TPSA) is 39.1 Å². The monoisotopic (exact) mass is 239 g/mol. The zero-order chi connectivity index (χ0) is 13.0. The summed E-state index contributed by atoms with van der Waals surface area (Å²) in [6.07, 6.45) is 0. The number of aryl methyl sites for hydroxylation is 2. The summed E-state index contributed by atoms with van der Waals surface area (Å²) in [4.78, 5) is 0. The molecule has 4 heteroatoms. The summed E-state index contributed by atoms with van der Waals surface area (Å²) in [7, 11) is 1.94. The minimum Gasteiger partial charge on any atom is -0.488 e. The van der Waals surface area contributed by atoms with Gasteiger partial charge in [-0.3, -0.25) is 4.68 Å². The second-order valence-electron chi connectivity index (χ2n) is 4.96. The lowest BCUT2D eigenvalue weighted by Gasteiger charge is -2.17. The number of nitrogens with zero attached hydrogens (tertiary/aromatic N) is 2. The van der Waals surface area contributed by atoms with Gasteiger partial charge in [0, 0.05) is 19.6 Å². The Kier molecular flexibility index (Phi) is 5.00. The molecule has 4 nitrogen and oxygen atoms in total. The molecule has 0 aliphatic heterocycles. The molecule has 1 unspecified atom stereocenters. The molecule has 0 amide bonds. The van der Waals surface area contributed by atoms with Gasteiger partial charge in [-0.1, -0.05) is 13.8 Å². The summed E-state index contributed by atoms with van der Waals surface area (Å²) in [5.74, 6) is 1.57. The van der Waals surface area contributed by atoms with Crippen LogP contribution in [0.15, 0.2) is 0 Å². The van der Waals surface area contributed by atoms with E-state index in [4.69, 9.17) is 4.74 Å². The molecule has 0 radical (unpaired) electrons. The van der Waals surface area contributed by atoms with E-state index >= 15 is 0 Å². The molecule has 1 N–H and O–H groups in total. The van der Waals surface area contributed by atoms with Crippen LogP contribution in [0.1, 0.15) is 32.2 Å². The standard InChI is InChI=1S/C13H25N3O/c1-9(2)10(3)14-7-8-17-13-11(4)15-16(6)12(13)5/h9-10,14H,7-8H2,1-6H3. The van der Waals surface area contributed by atoms with Crippen LogP contribution in [0.5, 0.6) is 5.75 Å². The highest BCUT2D eigenvalue weighted by Gasteiger charge is 2.10. The number of nitrogens with one attached hydrogen (secondary N) is 1. The van der Waals surface area contributed by atoms with Gasteiger partial charge in [0.05, 0.1) is 5.69 Å². The highest BCUT2D eigenvalue weighted by atomic mass is 16.5. The lowest BCUT2D eigenvalue weighted by atomic mass is 10.1. The predicted molar refractivity (Wildman–Crippen MR) is 70.5 cm³/mol. The largest absolute Gasteiger partial charge is 0.488 e. The van der Waals surface area contributed by atoms with Crippen molar-refractivity contribution in [2.24, 2.45) is 13.0 Å². The van der Waals surface area contributed by atoms with Gasteiger partial charge < -0.3 is 10.1 Å². The maximum atomic E-state index is 5.77. The summed E-state index contributed by atoms with van der Waals surface area (Å²) < 4.78 is 7.63. The van der Waals surface area contributed by atoms with Crippen LogP contribution < -0.4 is 10.1 Å². The summed E-state index contributed by atoms with van der Waals surface area (Å²) in [5.41, 5.74) is 2.04. The van der Waals surface area contributed by atoms with Gasteiger partial charge in [0.2, 0.25) is 0 Å². The molecule has 98 valence electrons. The van der Waals surface area contributed by atoms with Gasteiger partial charge in [0.15, 0.2) is 5.75 Å². The highest BCUT2D eigenvalue weighted by molar-refractivity contribution is 5.31. The first-order valence-corrected chi connectivity index (χ1v) is 6.29. The van der Waals surface area contributed by atoms with E-state index < -0.39 is 0 Å². The zero-order valence-corrected chi connectivity index (χ0v) is 11.9. The molecule has 0 bridgehead atoms. The minimum absolute atomic E-state index is 0.523. The van der Waals surface area contributed by atoms with E-state index in [1.807, 2.05) is 25.6 Å². The molecule has 0 saturated heterocycles. The van der Waals surface area contributed by atoms with Crippen LogP contribution in [0.3, 0.4) is 0 Å². The maximum absolute atomic E-state index is 5.77. The van der Waals surface area contributed by atoms with E-state index in [0.29, 0.717) is 18.6 Å². The first-order valence-electron chi connectivity index (χ1n) is 6.29. The van der Waals surface area contributed by atoms with Gasteiger partial charge in [-0.2, -0.15) is 5.10 Å². The molecule has 1 aromatic rings. The zero-order valence-electron chi connectivity index (χ0n) is 11.9. The summed E-state index contributed by atoms with van der Waals surface area (Å²) in [6.45, 7) is 12.2. The Hall–Kier alpha value is -1.03. The van der Waals surface area contributed by atoms with E-state index in [0.717, 1.165) is 23.7 Å². The molecular formula is C13H25N3O. The Bertz CT molecular complexity index is 358. The van der Waals surface area contributed by atoms with Gasteiger partial charge in [0.25, 0.3) is 0 Å². The molecular weight excluding hydrogens is 214 g/mol. The van der Waals surface area contributed by atoms with Crippen LogP contribution in [-0.2, 0) is 7.05 Å². The average molecular weight is 239 g/mol. The van der Waals surface area contributed by atoms with Crippen molar-refractivity contribution >= 4 is 0 Å². The lowest BCUT2D eigenvalue weighted by Crippen LogP contribution is -2.33. The smallest absolute Gasteiger partial charge is 0.163 e. The van der Waals surface area contributed by atoms with Gasteiger partial charge in [-0.15, -0.1) is 0 Å². The van der Waals surface area contributed by atoms with Crippen molar-refractivity contribution in [2.45, 2.75) is 40.7 Å². The van der Waals surface area contributed by atoms with Crippen molar-refractivity contribution in [2.75, 3.05) is 13.2 Å². The Morgan fingerprint density at radius 3 is 2.41 bits per heavy atom. The van der Waals surface area contributed by atoms with Crippen molar-refractivity contribution in [3.63, 3.8) is 0 Å².